The van der Waals surface area contributed by atoms with Crippen molar-refractivity contribution >= 4 is 0 Å². The Bertz CT molecular complexity index is 599. The fourth-order valence-electron chi connectivity index (χ4n) is 2.89. The standard InChI is InChI=1S/C19H24FN/c1-5-21-19(17-11-13(2)6-7-18(17)20)12-16-9-14(3)8-15(4)10-16/h6-11,19,21H,5,12H2,1-4H3. The van der Waals surface area contributed by atoms with Crippen molar-refractivity contribution < 1.29 is 4.39 Å². The van der Waals surface area contributed by atoms with E-state index in [0.717, 1.165) is 24.1 Å². The van der Waals surface area contributed by atoms with Crippen molar-refractivity contribution in [2.24, 2.45) is 0 Å². The first-order chi connectivity index (χ1) is 9.99. The second-order valence-electron chi connectivity index (χ2n) is 5.84. The summed E-state index contributed by atoms with van der Waals surface area (Å²) in [5, 5.41) is 3.41. The van der Waals surface area contributed by atoms with Crippen LogP contribution in [0.4, 0.5) is 4.39 Å². The van der Waals surface area contributed by atoms with Crippen LogP contribution >= 0.6 is 0 Å². The number of nitrogens with one attached hydrogen (secondary N) is 1. The summed E-state index contributed by atoms with van der Waals surface area (Å²) < 4.78 is 14.2. The van der Waals surface area contributed by atoms with Gasteiger partial charge in [0.15, 0.2) is 0 Å². The third kappa shape index (κ3) is 4.15. The van der Waals surface area contributed by atoms with Gasteiger partial charge < -0.3 is 5.32 Å². The number of rotatable bonds is 5. The third-order valence-corrected chi connectivity index (χ3v) is 3.70. The van der Waals surface area contributed by atoms with Crippen LogP contribution in [0.25, 0.3) is 0 Å². The van der Waals surface area contributed by atoms with Gasteiger partial charge in [-0.3, -0.25) is 0 Å². The number of halogens is 1. The zero-order valence-electron chi connectivity index (χ0n) is 13.3. The summed E-state index contributed by atoms with van der Waals surface area (Å²) in [6, 6.07) is 11.9. The quantitative estimate of drug-likeness (QED) is 0.843. The Labute approximate surface area is 127 Å². The van der Waals surface area contributed by atoms with E-state index in [0.29, 0.717) is 0 Å². The van der Waals surface area contributed by atoms with Gasteiger partial charge in [0.2, 0.25) is 0 Å². The highest BCUT2D eigenvalue weighted by molar-refractivity contribution is 5.32. The van der Waals surface area contributed by atoms with Crippen LogP contribution in [0.15, 0.2) is 36.4 Å². The molecule has 2 aromatic carbocycles. The minimum Gasteiger partial charge on any atom is -0.310 e. The van der Waals surface area contributed by atoms with Gasteiger partial charge in [-0.05, 0) is 45.4 Å². The van der Waals surface area contributed by atoms with Crippen molar-refractivity contribution in [3.8, 4) is 0 Å². The van der Waals surface area contributed by atoms with Gasteiger partial charge in [0, 0.05) is 11.6 Å². The second kappa shape index (κ2) is 6.86. The summed E-state index contributed by atoms with van der Waals surface area (Å²) in [4.78, 5) is 0. The topological polar surface area (TPSA) is 12.0 Å². The van der Waals surface area contributed by atoms with Crippen LogP contribution in [-0.4, -0.2) is 6.54 Å². The lowest BCUT2D eigenvalue weighted by atomic mass is 9.95. The zero-order valence-corrected chi connectivity index (χ0v) is 13.3. The molecular formula is C19H24FN. The summed E-state index contributed by atoms with van der Waals surface area (Å²) in [5.41, 5.74) is 5.61. The number of hydrogen-bond donors (Lipinski definition) is 1. The molecule has 0 aliphatic rings. The second-order valence-corrected chi connectivity index (χ2v) is 5.84. The van der Waals surface area contributed by atoms with Crippen LogP contribution in [0.2, 0.25) is 0 Å². The summed E-state index contributed by atoms with van der Waals surface area (Å²) in [6.45, 7) is 9.09. The molecule has 112 valence electrons. The fourth-order valence-corrected chi connectivity index (χ4v) is 2.89. The zero-order chi connectivity index (χ0) is 15.4. The van der Waals surface area contributed by atoms with E-state index in [1.165, 1.54) is 16.7 Å². The summed E-state index contributed by atoms with van der Waals surface area (Å²) in [5.74, 6) is -0.129. The Balaban J connectivity index is 2.32. The van der Waals surface area contributed by atoms with Gasteiger partial charge >= 0.3 is 0 Å². The van der Waals surface area contributed by atoms with E-state index in [2.05, 4.69) is 44.3 Å². The van der Waals surface area contributed by atoms with E-state index in [1.807, 2.05) is 19.1 Å². The van der Waals surface area contributed by atoms with Gasteiger partial charge in [-0.15, -0.1) is 0 Å². The van der Waals surface area contributed by atoms with Gasteiger partial charge in [-0.1, -0.05) is 53.9 Å². The van der Waals surface area contributed by atoms with Crippen LogP contribution < -0.4 is 5.32 Å². The molecule has 0 bridgehead atoms. The molecule has 2 heteroatoms. The van der Waals surface area contributed by atoms with E-state index >= 15 is 0 Å². The van der Waals surface area contributed by atoms with Crippen LogP contribution in [0, 0.1) is 26.6 Å². The van der Waals surface area contributed by atoms with Crippen molar-refractivity contribution in [2.45, 2.75) is 40.2 Å². The van der Waals surface area contributed by atoms with Crippen molar-refractivity contribution in [3.63, 3.8) is 0 Å². The Hall–Kier alpha value is -1.67. The number of hydrogen-bond acceptors (Lipinski definition) is 1. The lowest BCUT2D eigenvalue weighted by Gasteiger charge is -2.20. The van der Waals surface area contributed by atoms with Crippen LogP contribution in [0.1, 0.15) is 40.8 Å². The van der Waals surface area contributed by atoms with E-state index < -0.39 is 0 Å². The minimum atomic E-state index is -0.129. The largest absolute Gasteiger partial charge is 0.310 e. The predicted molar refractivity (Wildman–Crippen MR) is 87.2 cm³/mol. The molecule has 0 saturated heterocycles. The highest BCUT2D eigenvalue weighted by Gasteiger charge is 2.16. The first-order valence-electron chi connectivity index (χ1n) is 7.56. The van der Waals surface area contributed by atoms with Crippen LogP contribution in [0.3, 0.4) is 0 Å². The van der Waals surface area contributed by atoms with Crippen molar-refractivity contribution in [1.29, 1.82) is 0 Å². The molecule has 2 rings (SSSR count). The Morgan fingerprint density at radius 3 is 2.24 bits per heavy atom. The molecule has 1 atom stereocenters. The smallest absolute Gasteiger partial charge is 0.128 e. The molecule has 0 amide bonds. The van der Waals surface area contributed by atoms with Crippen molar-refractivity contribution in [3.05, 3.63) is 70.0 Å². The fraction of sp³-hybridized carbons (Fsp3) is 0.368. The molecule has 0 fully saturated rings. The Morgan fingerprint density at radius 1 is 0.952 bits per heavy atom. The highest BCUT2D eigenvalue weighted by atomic mass is 19.1. The lowest BCUT2D eigenvalue weighted by molar-refractivity contribution is 0.509. The molecule has 0 saturated carbocycles. The highest BCUT2D eigenvalue weighted by Crippen LogP contribution is 2.23. The Kier molecular flexibility index (Phi) is 5.13. The molecule has 0 aliphatic heterocycles. The molecule has 1 nitrogen and oxygen atoms in total. The van der Waals surface area contributed by atoms with Crippen LogP contribution in [0.5, 0.6) is 0 Å². The molecule has 0 spiro atoms. The van der Waals surface area contributed by atoms with Gasteiger partial charge in [-0.25, -0.2) is 4.39 Å². The predicted octanol–water partition coefficient (Wildman–Crippen LogP) is 4.64. The van der Waals surface area contributed by atoms with E-state index in [1.54, 1.807) is 6.07 Å². The molecular weight excluding hydrogens is 261 g/mol. The molecule has 0 radical (unpaired) electrons. The van der Waals surface area contributed by atoms with Gasteiger partial charge in [0.25, 0.3) is 0 Å². The lowest BCUT2D eigenvalue weighted by Crippen LogP contribution is -2.24. The van der Waals surface area contributed by atoms with E-state index in [9.17, 15) is 4.39 Å². The maximum Gasteiger partial charge on any atom is 0.128 e. The average Bonchev–Trinajstić information content (AvgIpc) is 2.40. The maximum absolute atomic E-state index is 14.2. The van der Waals surface area contributed by atoms with Gasteiger partial charge in [0.05, 0.1) is 0 Å². The van der Waals surface area contributed by atoms with E-state index in [-0.39, 0.29) is 11.9 Å². The van der Waals surface area contributed by atoms with Gasteiger partial charge in [0.1, 0.15) is 5.82 Å². The maximum atomic E-state index is 14.2. The van der Waals surface area contributed by atoms with Crippen molar-refractivity contribution in [2.75, 3.05) is 6.54 Å². The monoisotopic (exact) mass is 285 g/mol. The summed E-state index contributed by atoms with van der Waals surface area (Å²) >= 11 is 0. The molecule has 1 unspecified atom stereocenters. The molecule has 0 aliphatic carbocycles. The molecule has 2 aromatic rings. The van der Waals surface area contributed by atoms with E-state index in [4.69, 9.17) is 0 Å². The molecule has 0 aromatic heterocycles. The molecule has 0 heterocycles. The Morgan fingerprint density at radius 2 is 1.62 bits per heavy atom. The number of likely N-dealkylation sites (N-methyl/N-ethyl adjacent to an activating group) is 1. The van der Waals surface area contributed by atoms with Gasteiger partial charge in [-0.2, -0.15) is 0 Å². The third-order valence-electron chi connectivity index (χ3n) is 3.70. The number of aryl methyl sites for hydroxylation is 3. The first kappa shape index (κ1) is 15.7. The summed E-state index contributed by atoms with van der Waals surface area (Å²) in [6.07, 6.45) is 0.802. The first-order valence-corrected chi connectivity index (χ1v) is 7.56. The molecule has 21 heavy (non-hydrogen) atoms. The van der Waals surface area contributed by atoms with Crippen molar-refractivity contribution in [1.82, 2.24) is 5.32 Å². The van der Waals surface area contributed by atoms with Crippen LogP contribution in [-0.2, 0) is 6.42 Å². The number of benzene rings is 2. The summed E-state index contributed by atoms with van der Waals surface area (Å²) in [7, 11) is 0. The SMILES string of the molecule is CCNC(Cc1cc(C)cc(C)c1)c1cc(C)ccc1F. The average molecular weight is 285 g/mol. The molecule has 1 N–H and O–H groups in total. The minimum absolute atomic E-state index is 0.0103. The normalized spacial score (nSPS) is 12.4.